The van der Waals surface area contributed by atoms with E-state index in [1.165, 1.54) is 44.9 Å². The molecule has 4 unspecified atom stereocenters. The average molecular weight is 836 g/mol. The number of carbonyl (C=O) groups excluding carboxylic acids is 2. The molecule has 1 fully saturated rings. The zero-order valence-electron chi connectivity index (χ0n) is 30.8. The fourth-order valence-electron chi connectivity index (χ4n) is 5.08. The van der Waals surface area contributed by atoms with Gasteiger partial charge in [0.05, 0.1) is 6.61 Å². The van der Waals surface area contributed by atoms with E-state index < -0.39 is 83.5 Å². The second kappa shape index (κ2) is 29.1. The Kier molecular flexibility index (Phi) is 27.4. The molecule has 55 heavy (non-hydrogen) atoms. The Labute approximate surface area is 336 Å². The van der Waals surface area contributed by atoms with E-state index in [1.807, 2.05) is 5.92 Å². The first-order valence-corrected chi connectivity index (χ1v) is 20.6. The first-order chi connectivity index (χ1) is 25.6. The smallest absolute Gasteiger partial charge is 0.456 e. The van der Waals surface area contributed by atoms with Gasteiger partial charge in [0, 0.05) is 25.2 Å². The van der Waals surface area contributed by atoms with Crippen LogP contribution in [0.4, 0.5) is 0 Å². The number of hydrogen-bond acceptors (Lipinski definition) is 14. The van der Waals surface area contributed by atoms with Crippen LogP contribution in [-0.2, 0) is 41.8 Å². The Morgan fingerprint density at radius 2 is 1.15 bits per heavy atom. The average Bonchev–Trinajstić information content (AvgIpc) is 3.11. The van der Waals surface area contributed by atoms with Crippen LogP contribution < -0.4 is 6.15 Å². The van der Waals surface area contributed by atoms with Crippen molar-refractivity contribution in [2.24, 2.45) is 0 Å². The molecule has 0 aromatic heterocycles. The van der Waals surface area contributed by atoms with Crippen molar-refractivity contribution in [1.82, 2.24) is 6.15 Å². The maximum absolute atomic E-state index is 12.8. The molecule has 0 amide bonds. The summed E-state index contributed by atoms with van der Waals surface area (Å²) in [5.41, 5.74) is 0. The van der Waals surface area contributed by atoms with Crippen molar-refractivity contribution in [2.45, 2.75) is 140 Å². The van der Waals surface area contributed by atoms with Crippen LogP contribution in [0.15, 0.2) is 0 Å². The molecule has 1 saturated carbocycles. The molecule has 0 spiro atoms. The van der Waals surface area contributed by atoms with Crippen molar-refractivity contribution in [3.8, 4) is 59.7 Å². The van der Waals surface area contributed by atoms with Crippen molar-refractivity contribution in [2.75, 3.05) is 13.2 Å². The highest BCUT2D eigenvalue weighted by Crippen LogP contribution is 2.49. The summed E-state index contributed by atoms with van der Waals surface area (Å²) in [5.74, 6) is 18.2. The molecular formula is C36H71NO16P2. The Bertz CT molecular complexity index is 1600. The number of aliphatic hydroxyl groups excluding tert-OH is 4. The minimum absolute atomic E-state index is 0. The highest BCUT2D eigenvalue weighted by atomic mass is 31.2. The third kappa shape index (κ3) is 24.1. The van der Waals surface area contributed by atoms with E-state index in [-0.39, 0.29) is 25.4 Å². The highest BCUT2D eigenvalue weighted by molar-refractivity contribution is 7.47. The van der Waals surface area contributed by atoms with Gasteiger partial charge in [-0.15, -0.1) is 6.42 Å². The van der Waals surface area contributed by atoms with Gasteiger partial charge in [-0.25, -0.2) is 13.9 Å². The number of ether oxygens (including phenoxy) is 2. The van der Waals surface area contributed by atoms with E-state index in [0.29, 0.717) is 6.42 Å². The van der Waals surface area contributed by atoms with Gasteiger partial charge in [-0.1, -0.05) is 84.0 Å². The summed E-state index contributed by atoms with van der Waals surface area (Å²) < 4.78 is 48.3. The lowest BCUT2D eigenvalue weighted by atomic mass is 9.85. The van der Waals surface area contributed by atoms with Gasteiger partial charge >= 0.3 is 27.6 Å². The van der Waals surface area contributed by atoms with Gasteiger partial charge in [0.1, 0.15) is 43.2 Å². The minimum atomic E-state index is -5.38. The van der Waals surface area contributed by atoms with E-state index in [2.05, 4.69) is 58.8 Å². The number of hydrogen-bond donors (Lipinski definition) is 8. The molecule has 19 heteroatoms. The molecular weight excluding hydrogens is 764 g/mol. The van der Waals surface area contributed by atoms with Gasteiger partial charge in [0.25, 0.3) is 0 Å². The van der Waals surface area contributed by atoms with Crippen LogP contribution in [0.1, 0.15) is 110 Å². The molecule has 0 heterocycles. The number of terminal acetylenes is 1. The molecule has 0 saturated heterocycles. The van der Waals surface area contributed by atoms with E-state index >= 15 is 0 Å². The van der Waals surface area contributed by atoms with Gasteiger partial charge in [-0.05, 0) is 53.8 Å². The van der Waals surface area contributed by atoms with Crippen LogP contribution in [0, 0.1) is 59.7 Å². The Hall–Kier alpha value is -3.24. The number of rotatable bonds is 24. The zero-order valence-corrected chi connectivity index (χ0v) is 32.6. The van der Waals surface area contributed by atoms with Gasteiger partial charge in [0.2, 0.25) is 0 Å². The van der Waals surface area contributed by atoms with Crippen LogP contribution in [0.3, 0.4) is 0 Å². The number of phosphoric ester groups is 2. The summed E-state index contributed by atoms with van der Waals surface area (Å²) in [7, 11) is -10.7. The second-order valence-corrected chi connectivity index (χ2v) is 14.8. The van der Waals surface area contributed by atoms with Crippen molar-refractivity contribution in [3.63, 3.8) is 0 Å². The first-order valence-electron chi connectivity index (χ1n) is 17.6. The maximum Gasteiger partial charge on any atom is 0.472 e. The van der Waals surface area contributed by atoms with Crippen LogP contribution in [0.5, 0.6) is 0 Å². The lowest BCUT2D eigenvalue weighted by molar-refractivity contribution is -0.216. The van der Waals surface area contributed by atoms with Crippen LogP contribution in [0.2, 0.25) is 0 Å². The SMILES string of the molecule is C#CC#CC#CC#CC#CC(=O)OC[C@H](COP(=O)(O)OC1C(O)[C@@H](O)C(O)[C@@H](OP(=O)(O)O)[C@H]1O)OC(=O)CCCCCCCCCCCCCCC.N.[HH].[HH].[HH].[HH].[HH].[HH].[HH].[HH].[HH]. The number of carbonyl (C=O) groups is 2. The molecule has 0 aromatic carbocycles. The standard InChI is InChI=1S/C36H50O16P2.H3N.9H2/c1-3-5-7-9-11-13-14-15-16-17-19-21-23-25-30(38)50-28(26-48-29(37)24-22-20-18-12-10-8-6-4-2)27-49-54(46,47)52-36-33(41)31(39)32(40)35(34(36)42)51-53(43,44)45;;;;;;;;;;/h2,28,31-36,39-42H,3,5,7,9,11,13-17,19,21,23,25-27H2,1H3,(H,46,47)(H2,43,44,45);1H3;9*1H/t28-,31+,32?,33?,34-,35-,36?;;;;;;;;;;/m1........../s1. The van der Waals surface area contributed by atoms with Gasteiger partial charge in [-0.3, -0.25) is 18.4 Å². The zero-order chi connectivity index (χ0) is 40.4. The van der Waals surface area contributed by atoms with Crippen molar-refractivity contribution in [1.29, 1.82) is 0 Å². The van der Waals surface area contributed by atoms with E-state index in [0.717, 1.165) is 32.1 Å². The molecule has 1 rings (SSSR count). The van der Waals surface area contributed by atoms with Crippen molar-refractivity contribution in [3.05, 3.63) is 0 Å². The molecule has 0 bridgehead atoms. The predicted molar refractivity (Wildman–Crippen MR) is 217 cm³/mol. The lowest BCUT2D eigenvalue weighted by Gasteiger charge is -2.43. The summed E-state index contributed by atoms with van der Waals surface area (Å²) in [6.45, 7) is 0.531. The quantitative estimate of drug-likeness (QED) is 0.0220. The number of phosphoric acid groups is 2. The predicted octanol–water partition coefficient (Wildman–Crippen LogP) is 4.38. The van der Waals surface area contributed by atoms with E-state index in [9.17, 15) is 44.0 Å². The highest BCUT2D eigenvalue weighted by Gasteiger charge is 2.54. The normalized spacial score (nSPS) is 21.7. The van der Waals surface area contributed by atoms with Crippen LogP contribution in [0.25, 0.3) is 0 Å². The summed E-state index contributed by atoms with van der Waals surface area (Å²) in [4.78, 5) is 53.3. The number of unbranched alkanes of at least 4 members (excludes halogenated alkanes) is 12. The molecule has 1 aliphatic rings. The summed E-state index contributed by atoms with van der Waals surface area (Å²) >= 11 is 0. The summed E-state index contributed by atoms with van der Waals surface area (Å²) in [6, 6.07) is 0. The maximum atomic E-state index is 12.8. The number of esters is 2. The Balaban J connectivity index is -0.000000364. The monoisotopic (exact) mass is 835 g/mol. The van der Waals surface area contributed by atoms with Crippen molar-refractivity contribution < 1.29 is 89.7 Å². The fourth-order valence-corrected chi connectivity index (χ4v) is 6.62. The fraction of sp³-hybridized carbons (Fsp3) is 0.667. The minimum Gasteiger partial charge on any atom is -0.456 e. The second-order valence-electron chi connectivity index (χ2n) is 12.2. The van der Waals surface area contributed by atoms with E-state index in [4.69, 9.17) is 34.7 Å². The topological polar surface area (TPSA) is 291 Å². The van der Waals surface area contributed by atoms with Crippen LogP contribution in [-0.4, -0.2) is 103 Å². The molecule has 0 aliphatic heterocycles. The van der Waals surface area contributed by atoms with Crippen LogP contribution >= 0.6 is 15.6 Å². The molecule has 1 aliphatic carbocycles. The van der Waals surface area contributed by atoms with Gasteiger partial charge < -0.3 is 50.7 Å². The summed E-state index contributed by atoms with van der Waals surface area (Å²) in [6.07, 6.45) is 3.94. The third-order valence-electron chi connectivity index (χ3n) is 7.78. The Morgan fingerprint density at radius 1 is 0.673 bits per heavy atom. The van der Waals surface area contributed by atoms with E-state index in [1.54, 1.807) is 0 Å². The van der Waals surface area contributed by atoms with Gasteiger partial charge in [0.15, 0.2) is 6.10 Å². The molecule has 0 aromatic rings. The Morgan fingerprint density at radius 3 is 1.65 bits per heavy atom. The van der Waals surface area contributed by atoms with Crippen molar-refractivity contribution >= 4 is 27.6 Å². The largest absolute Gasteiger partial charge is 0.472 e. The molecule has 326 valence electrons. The number of aliphatic hydroxyl groups is 4. The lowest BCUT2D eigenvalue weighted by Crippen LogP contribution is -2.64. The molecule has 0 radical (unpaired) electrons. The van der Waals surface area contributed by atoms with Gasteiger partial charge in [-0.2, -0.15) is 0 Å². The summed E-state index contributed by atoms with van der Waals surface area (Å²) in [5, 5.41) is 40.8. The molecule has 10 N–H and O–H groups in total. The molecule has 17 nitrogen and oxygen atoms in total. The first kappa shape index (κ1) is 51.8. The molecule has 8 atom stereocenters. The third-order valence-corrected chi connectivity index (χ3v) is 9.28.